The lowest BCUT2D eigenvalue weighted by molar-refractivity contribution is 0.867. The average molecular weight is 261 g/mol. The minimum absolute atomic E-state index is 0.540. The van der Waals surface area contributed by atoms with Crippen LogP contribution in [0.2, 0.25) is 5.15 Å². The molecule has 2 nitrogen and oxygen atoms in total. The fraction of sp³-hybridized carbons (Fsp3) is 0.333. The number of benzene rings is 1. The molecule has 0 atom stereocenters. The van der Waals surface area contributed by atoms with Crippen molar-refractivity contribution in [2.45, 2.75) is 33.1 Å². The highest BCUT2D eigenvalue weighted by Gasteiger charge is 2.10. The van der Waals surface area contributed by atoms with E-state index in [9.17, 15) is 0 Å². The molecule has 0 aliphatic carbocycles. The van der Waals surface area contributed by atoms with Crippen LogP contribution in [0.25, 0.3) is 11.3 Å². The van der Waals surface area contributed by atoms with E-state index in [-0.39, 0.29) is 0 Å². The van der Waals surface area contributed by atoms with Crippen molar-refractivity contribution in [3.63, 3.8) is 0 Å². The summed E-state index contributed by atoms with van der Waals surface area (Å²) >= 11 is 6.11. The van der Waals surface area contributed by atoms with Crippen LogP contribution in [0.1, 0.15) is 37.8 Å². The van der Waals surface area contributed by atoms with E-state index in [0.29, 0.717) is 11.1 Å². The zero-order chi connectivity index (χ0) is 13.1. The minimum Gasteiger partial charge on any atom is -0.236 e. The van der Waals surface area contributed by atoms with Crippen LogP contribution in [-0.2, 0) is 6.42 Å². The fourth-order valence-electron chi connectivity index (χ4n) is 1.98. The second kappa shape index (κ2) is 5.49. The first-order chi connectivity index (χ1) is 8.63. The molecule has 1 aromatic carbocycles. The Labute approximate surface area is 113 Å². The lowest BCUT2D eigenvalue weighted by Gasteiger charge is -2.10. The van der Waals surface area contributed by atoms with Gasteiger partial charge in [-0.2, -0.15) is 0 Å². The highest BCUT2D eigenvalue weighted by molar-refractivity contribution is 6.30. The molecule has 94 valence electrons. The van der Waals surface area contributed by atoms with Gasteiger partial charge in [0.15, 0.2) is 0 Å². The summed E-state index contributed by atoms with van der Waals surface area (Å²) in [5.74, 6) is 0.540. The van der Waals surface area contributed by atoms with Gasteiger partial charge < -0.3 is 0 Å². The number of hydrogen-bond donors (Lipinski definition) is 0. The molecule has 0 N–H and O–H groups in total. The van der Waals surface area contributed by atoms with Gasteiger partial charge in [0.1, 0.15) is 11.5 Å². The average Bonchev–Trinajstić information content (AvgIpc) is 2.38. The molecular formula is C15H17ClN2. The first-order valence-electron chi connectivity index (χ1n) is 6.23. The number of halogens is 1. The summed E-state index contributed by atoms with van der Waals surface area (Å²) in [5.41, 5.74) is 4.38. The van der Waals surface area contributed by atoms with Gasteiger partial charge in [-0.1, -0.05) is 56.6 Å². The highest BCUT2D eigenvalue weighted by Crippen LogP contribution is 2.27. The summed E-state index contributed by atoms with van der Waals surface area (Å²) in [5, 5.41) is 0.551. The summed E-state index contributed by atoms with van der Waals surface area (Å²) in [4.78, 5) is 8.40. The van der Waals surface area contributed by atoms with E-state index in [0.717, 1.165) is 23.2 Å². The van der Waals surface area contributed by atoms with Crippen molar-refractivity contribution in [1.29, 1.82) is 0 Å². The van der Waals surface area contributed by atoms with Crippen LogP contribution in [0, 0.1) is 0 Å². The van der Waals surface area contributed by atoms with Crippen molar-refractivity contribution in [3.8, 4) is 11.3 Å². The Morgan fingerprint density at radius 1 is 1.11 bits per heavy atom. The molecule has 0 saturated carbocycles. The zero-order valence-corrected chi connectivity index (χ0v) is 11.7. The van der Waals surface area contributed by atoms with Crippen LogP contribution < -0.4 is 0 Å². The molecule has 0 spiro atoms. The Morgan fingerprint density at radius 3 is 2.33 bits per heavy atom. The van der Waals surface area contributed by atoms with Gasteiger partial charge in [-0.25, -0.2) is 9.97 Å². The zero-order valence-electron chi connectivity index (χ0n) is 10.9. The molecule has 3 heteroatoms. The van der Waals surface area contributed by atoms with E-state index >= 15 is 0 Å². The smallest absolute Gasteiger partial charge is 0.136 e. The molecule has 0 radical (unpaired) electrons. The van der Waals surface area contributed by atoms with E-state index in [1.54, 1.807) is 0 Å². The summed E-state index contributed by atoms with van der Waals surface area (Å²) in [6, 6.07) is 8.51. The van der Waals surface area contributed by atoms with Gasteiger partial charge in [0.25, 0.3) is 0 Å². The fourth-order valence-corrected chi connectivity index (χ4v) is 2.25. The molecule has 0 bridgehead atoms. The van der Waals surface area contributed by atoms with E-state index in [1.165, 1.54) is 11.9 Å². The lowest BCUT2D eigenvalue weighted by atomic mass is 9.99. The van der Waals surface area contributed by atoms with Crippen molar-refractivity contribution in [1.82, 2.24) is 9.97 Å². The molecule has 0 fully saturated rings. The largest absolute Gasteiger partial charge is 0.236 e. The van der Waals surface area contributed by atoms with Crippen LogP contribution in [-0.4, -0.2) is 9.97 Å². The molecule has 0 amide bonds. The lowest BCUT2D eigenvalue weighted by Crippen LogP contribution is -1.96. The quantitative estimate of drug-likeness (QED) is 0.761. The summed E-state index contributed by atoms with van der Waals surface area (Å²) in [6.07, 6.45) is 2.36. The molecule has 0 saturated heterocycles. The first-order valence-corrected chi connectivity index (χ1v) is 6.61. The third-order valence-corrected chi connectivity index (χ3v) is 3.42. The number of rotatable bonds is 3. The van der Waals surface area contributed by atoms with Crippen LogP contribution in [0.4, 0.5) is 0 Å². The van der Waals surface area contributed by atoms with Crippen molar-refractivity contribution in [3.05, 3.63) is 46.9 Å². The SMILES string of the molecule is CCc1c(Cl)ncnc1-c1ccc(C(C)C)cc1. The normalized spacial score (nSPS) is 10.9. The van der Waals surface area contributed by atoms with Crippen LogP contribution in [0.5, 0.6) is 0 Å². The molecule has 1 heterocycles. The molecule has 2 rings (SSSR count). The monoisotopic (exact) mass is 260 g/mol. The predicted octanol–water partition coefficient (Wildman–Crippen LogP) is 4.48. The van der Waals surface area contributed by atoms with Gasteiger partial charge >= 0.3 is 0 Å². The Balaban J connectivity index is 2.46. The maximum absolute atomic E-state index is 6.11. The number of aromatic nitrogens is 2. The van der Waals surface area contributed by atoms with Gasteiger partial charge in [0.2, 0.25) is 0 Å². The summed E-state index contributed by atoms with van der Waals surface area (Å²) in [7, 11) is 0. The molecular weight excluding hydrogens is 244 g/mol. The van der Waals surface area contributed by atoms with Crippen LogP contribution in [0.3, 0.4) is 0 Å². The summed E-state index contributed by atoms with van der Waals surface area (Å²) in [6.45, 7) is 6.44. The standard InChI is InChI=1S/C15H17ClN2/c1-4-13-14(17-9-18-15(13)16)12-7-5-11(6-8-12)10(2)3/h5-10H,4H2,1-3H3. The number of nitrogens with zero attached hydrogens (tertiary/aromatic N) is 2. The molecule has 0 aliphatic heterocycles. The maximum atomic E-state index is 6.11. The third-order valence-electron chi connectivity index (χ3n) is 3.10. The maximum Gasteiger partial charge on any atom is 0.136 e. The molecule has 1 aromatic heterocycles. The van der Waals surface area contributed by atoms with Crippen molar-refractivity contribution < 1.29 is 0 Å². The first kappa shape index (κ1) is 13.0. The Morgan fingerprint density at radius 2 is 1.78 bits per heavy atom. The van der Waals surface area contributed by atoms with Crippen LogP contribution in [0.15, 0.2) is 30.6 Å². The third kappa shape index (κ3) is 2.54. The Kier molecular flexibility index (Phi) is 3.97. The number of hydrogen-bond acceptors (Lipinski definition) is 2. The van der Waals surface area contributed by atoms with Crippen LogP contribution >= 0.6 is 11.6 Å². The molecule has 0 aliphatic rings. The Bertz CT molecular complexity index is 533. The van der Waals surface area contributed by atoms with Gasteiger partial charge in [0, 0.05) is 11.1 Å². The second-order valence-corrected chi connectivity index (χ2v) is 4.98. The second-order valence-electron chi connectivity index (χ2n) is 4.62. The van der Waals surface area contributed by atoms with E-state index < -0.39 is 0 Å². The van der Waals surface area contributed by atoms with E-state index in [1.807, 2.05) is 0 Å². The van der Waals surface area contributed by atoms with Crippen molar-refractivity contribution in [2.75, 3.05) is 0 Å². The molecule has 2 aromatic rings. The summed E-state index contributed by atoms with van der Waals surface area (Å²) < 4.78 is 0. The topological polar surface area (TPSA) is 25.8 Å². The van der Waals surface area contributed by atoms with Gasteiger partial charge in [-0.15, -0.1) is 0 Å². The van der Waals surface area contributed by atoms with Crippen molar-refractivity contribution >= 4 is 11.6 Å². The molecule has 18 heavy (non-hydrogen) atoms. The van der Waals surface area contributed by atoms with E-state index in [2.05, 4.69) is 55.0 Å². The van der Waals surface area contributed by atoms with Crippen molar-refractivity contribution in [2.24, 2.45) is 0 Å². The van der Waals surface area contributed by atoms with E-state index in [4.69, 9.17) is 11.6 Å². The molecule has 0 unspecified atom stereocenters. The van der Waals surface area contributed by atoms with Gasteiger partial charge in [-0.3, -0.25) is 0 Å². The van der Waals surface area contributed by atoms with Gasteiger partial charge in [-0.05, 0) is 17.9 Å². The predicted molar refractivity (Wildman–Crippen MR) is 75.9 cm³/mol. The highest BCUT2D eigenvalue weighted by atomic mass is 35.5. The Hall–Kier alpha value is -1.41. The minimum atomic E-state index is 0.540. The van der Waals surface area contributed by atoms with Gasteiger partial charge in [0.05, 0.1) is 5.69 Å².